The van der Waals surface area contributed by atoms with Crippen molar-refractivity contribution in [2.24, 2.45) is 0 Å². The molecule has 1 aromatic carbocycles. The topological polar surface area (TPSA) is 86.5 Å². The van der Waals surface area contributed by atoms with Crippen LogP contribution in [0.3, 0.4) is 0 Å². The number of nitrogens with zero attached hydrogens (tertiary/aromatic N) is 1. The number of hydrogen-bond donors (Lipinski definition) is 2. The van der Waals surface area contributed by atoms with Gasteiger partial charge in [-0.3, -0.25) is 4.79 Å². The van der Waals surface area contributed by atoms with E-state index in [1.165, 1.54) is 4.88 Å². The number of anilines is 1. The first-order valence-electron chi connectivity index (χ1n) is 6.58. The van der Waals surface area contributed by atoms with E-state index in [2.05, 4.69) is 17.2 Å². The number of carbonyl (C=O) groups excluding carboxylic acids is 1. The Hall–Kier alpha value is -2.28. The minimum atomic E-state index is -0.251. The van der Waals surface area contributed by atoms with Crippen molar-refractivity contribution in [3.63, 3.8) is 0 Å². The third kappa shape index (κ3) is 2.78. The first kappa shape index (κ1) is 13.7. The molecule has 0 spiro atoms. The van der Waals surface area contributed by atoms with E-state index in [1.807, 2.05) is 6.20 Å². The number of nitrogens with two attached hydrogens (primary N) is 1. The fraction of sp³-hybridized carbons (Fsp3) is 0.286. The third-order valence-electron chi connectivity index (χ3n) is 3.14. The minimum absolute atomic E-state index is 0.152. The molecular formula is C14H15N3O3S. The summed E-state index contributed by atoms with van der Waals surface area (Å²) in [5.41, 5.74) is 6.63. The summed E-state index contributed by atoms with van der Waals surface area (Å²) in [4.78, 5) is 17.7. The Morgan fingerprint density at radius 1 is 1.43 bits per heavy atom. The van der Waals surface area contributed by atoms with Crippen LogP contribution < -0.4 is 20.5 Å². The second-order valence-electron chi connectivity index (χ2n) is 4.55. The SMILES string of the molecule is CCc1cnc(CNC(=O)c2cc3c(cc2N)OCO3)s1. The van der Waals surface area contributed by atoms with Crippen LogP contribution in [0.4, 0.5) is 5.69 Å². The van der Waals surface area contributed by atoms with Crippen LogP contribution in [0.5, 0.6) is 11.5 Å². The molecule has 0 fully saturated rings. The molecule has 21 heavy (non-hydrogen) atoms. The highest BCUT2D eigenvalue weighted by Crippen LogP contribution is 2.35. The fourth-order valence-electron chi connectivity index (χ4n) is 2.00. The van der Waals surface area contributed by atoms with Crippen molar-refractivity contribution in [2.45, 2.75) is 19.9 Å². The molecule has 3 rings (SSSR count). The van der Waals surface area contributed by atoms with E-state index in [9.17, 15) is 4.79 Å². The third-order valence-corrected chi connectivity index (χ3v) is 4.28. The molecule has 3 N–H and O–H groups in total. The Balaban J connectivity index is 1.70. The zero-order valence-electron chi connectivity index (χ0n) is 11.5. The van der Waals surface area contributed by atoms with Gasteiger partial charge in [0.15, 0.2) is 11.5 Å². The number of hydrogen-bond acceptors (Lipinski definition) is 6. The molecule has 0 bridgehead atoms. The fourth-order valence-corrected chi connectivity index (χ4v) is 2.80. The van der Waals surface area contributed by atoms with E-state index in [4.69, 9.17) is 15.2 Å². The summed E-state index contributed by atoms with van der Waals surface area (Å²) in [6.45, 7) is 2.61. The highest BCUT2D eigenvalue weighted by molar-refractivity contribution is 7.11. The number of amides is 1. The molecule has 0 atom stereocenters. The Morgan fingerprint density at radius 3 is 2.90 bits per heavy atom. The molecule has 6 nitrogen and oxygen atoms in total. The number of thiazole rings is 1. The van der Waals surface area contributed by atoms with Crippen molar-refractivity contribution < 1.29 is 14.3 Å². The van der Waals surface area contributed by atoms with Gasteiger partial charge in [0.1, 0.15) is 5.01 Å². The van der Waals surface area contributed by atoms with Crippen molar-refractivity contribution in [2.75, 3.05) is 12.5 Å². The van der Waals surface area contributed by atoms with E-state index in [0.29, 0.717) is 29.3 Å². The number of benzene rings is 1. The summed E-state index contributed by atoms with van der Waals surface area (Å²) in [7, 11) is 0. The number of fused-ring (bicyclic) bond motifs is 1. The Labute approximate surface area is 125 Å². The van der Waals surface area contributed by atoms with Crippen molar-refractivity contribution in [1.82, 2.24) is 10.3 Å². The van der Waals surface area contributed by atoms with Crippen molar-refractivity contribution >= 4 is 22.9 Å². The van der Waals surface area contributed by atoms with E-state index in [0.717, 1.165) is 11.4 Å². The average molecular weight is 305 g/mol. The second-order valence-corrected chi connectivity index (χ2v) is 5.75. The number of rotatable bonds is 4. The maximum absolute atomic E-state index is 12.2. The molecule has 110 valence electrons. The standard InChI is InChI=1S/C14H15N3O3S/c1-2-8-5-16-13(21-8)6-17-14(18)9-3-11-12(4-10(9)15)20-7-19-11/h3-5H,2,6-7,15H2,1H3,(H,17,18). The first-order valence-corrected chi connectivity index (χ1v) is 7.40. The van der Waals surface area contributed by atoms with E-state index in [-0.39, 0.29) is 12.7 Å². The minimum Gasteiger partial charge on any atom is -0.454 e. The zero-order valence-corrected chi connectivity index (χ0v) is 12.3. The molecule has 2 heterocycles. The molecule has 0 saturated carbocycles. The van der Waals surface area contributed by atoms with E-state index < -0.39 is 0 Å². The molecular weight excluding hydrogens is 290 g/mol. The number of nitrogen functional groups attached to an aromatic ring is 1. The largest absolute Gasteiger partial charge is 0.454 e. The molecule has 1 aliphatic rings. The molecule has 7 heteroatoms. The highest BCUT2D eigenvalue weighted by Gasteiger charge is 2.19. The van der Waals surface area contributed by atoms with Gasteiger partial charge in [-0.1, -0.05) is 6.92 Å². The maximum Gasteiger partial charge on any atom is 0.253 e. The Bertz CT molecular complexity index is 684. The van der Waals surface area contributed by atoms with Gasteiger partial charge in [0.2, 0.25) is 6.79 Å². The van der Waals surface area contributed by atoms with Crippen LogP contribution >= 0.6 is 11.3 Å². The Morgan fingerprint density at radius 2 is 2.19 bits per heavy atom. The lowest BCUT2D eigenvalue weighted by atomic mass is 10.1. The zero-order chi connectivity index (χ0) is 14.8. The molecule has 0 saturated heterocycles. The number of ether oxygens (including phenoxy) is 2. The summed E-state index contributed by atoms with van der Waals surface area (Å²) >= 11 is 1.59. The summed E-state index contributed by atoms with van der Waals surface area (Å²) in [6, 6.07) is 3.21. The van der Waals surface area contributed by atoms with Crippen molar-refractivity contribution in [3.05, 3.63) is 33.8 Å². The Kier molecular flexibility index (Phi) is 3.66. The van der Waals surface area contributed by atoms with E-state index >= 15 is 0 Å². The quantitative estimate of drug-likeness (QED) is 0.843. The lowest BCUT2D eigenvalue weighted by molar-refractivity contribution is 0.0951. The van der Waals surface area contributed by atoms with Crippen LogP contribution in [-0.4, -0.2) is 17.7 Å². The van der Waals surface area contributed by atoms with Crippen LogP contribution in [0.1, 0.15) is 27.2 Å². The predicted molar refractivity (Wildman–Crippen MR) is 79.6 cm³/mol. The summed E-state index contributed by atoms with van der Waals surface area (Å²) < 4.78 is 10.5. The smallest absolute Gasteiger partial charge is 0.253 e. The van der Waals surface area contributed by atoms with Crippen molar-refractivity contribution in [3.8, 4) is 11.5 Å². The van der Waals surface area contributed by atoms with Gasteiger partial charge in [0.05, 0.1) is 12.1 Å². The van der Waals surface area contributed by atoms with Gasteiger partial charge in [-0.2, -0.15) is 0 Å². The molecule has 0 aliphatic carbocycles. The van der Waals surface area contributed by atoms with Gasteiger partial charge in [0, 0.05) is 22.8 Å². The van der Waals surface area contributed by atoms with Crippen LogP contribution in [0.25, 0.3) is 0 Å². The summed E-state index contributed by atoms with van der Waals surface area (Å²) in [6.07, 6.45) is 2.78. The molecule has 0 radical (unpaired) electrons. The van der Waals surface area contributed by atoms with Crippen LogP contribution in [0.2, 0.25) is 0 Å². The first-order chi connectivity index (χ1) is 10.2. The van der Waals surface area contributed by atoms with Crippen LogP contribution in [0.15, 0.2) is 18.3 Å². The van der Waals surface area contributed by atoms with Crippen LogP contribution in [0, 0.1) is 0 Å². The lowest BCUT2D eigenvalue weighted by Crippen LogP contribution is -2.23. The van der Waals surface area contributed by atoms with Gasteiger partial charge in [-0.25, -0.2) is 4.98 Å². The van der Waals surface area contributed by atoms with Gasteiger partial charge in [0.25, 0.3) is 5.91 Å². The number of nitrogens with one attached hydrogen (secondary N) is 1. The number of carbonyl (C=O) groups is 1. The summed E-state index contributed by atoms with van der Waals surface area (Å²) in [5.74, 6) is 0.854. The molecule has 1 aliphatic heterocycles. The summed E-state index contributed by atoms with van der Waals surface area (Å²) in [5, 5.41) is 3.69. The highest BCUT2D eigenvalue weighted by atomic mass is 32.1. The molecule has 2 aromatic rings. The van der Waals surface area contributed by atoms with Crippen molar-refractivity contribution in [1.29, 1.82) is 0 Å². The van der Waals surface area contributed by atoms with Gasteiger partial charge >= 0.3 is 0 Å². The number of aryl methyl sites for hydroxylation is 1. The van der Waals surface area contributed by atoms with Gasteiger partial charge in [-0.05, 0) is 12.5 Å². The second kappa shape index (κ2) is 5.61. The van der Waals surface area contributed by atoms with E-state index in [1.54, 1.807) is 23.5 Å². The van der Waals surface area contributed by atoms with Gasteiger partial charge < -0.3 is 20.5 Å². The number of aromatic nitrogens is 1. The van der Waals surface area contributed by atoms with Crippen LogP contribution in [-0.2, 0) is 13.0 Å². The predicted octanol–water partition coefficient (Wildman–Crippen LogP) is 1.95. The molecule has 1 amide bonds. The average Bonchev–Trinajstić information content (AvgIpc) is 3.12. The normalized spacial score (nSPS) is 12.4. The van der Waals surface area contributed by atoms with Gasteiger partial charge in [-0.15, -0.1) is 11.3 Å². The maximum atomic E-state index is 12.2. The molecule has 0 unspecified atom stereocenters. The lowest BCUT2D eigenvalue weighted by Gasteiger charge is -2.07. The molecule has 1 aromatic heterocycles. The monoisotopic (exact) mass is 305 g/mol.